The van der Waals surface area contributed by atoms with Gasteiger partial charge in [0, 0.05) is 23.0 Å². The maximum absolute atomic E-state index is 12.5. The molecular formula is C16H20F3NO2S. The number of rotatable bonds is 3. The lowest BCUT2D eigenvalue weighted by molar-refractivity contribution is -0.137. The van der Waals surface area contributed by atoms with Crippen LogP contribution in [0.3, 0.4) is 0 Å². The van der Waals surface area contributed by atoms with E-state index in [9.17, 15) is 13.2 Å². The van der Waals surface area contributed by atoms with Crippen molar-refractivity contribution < 1.29 is 23.4 Å². The van der Waals surface area contributed by atoms with E-state index in [4.69, 9.17) is 10.2 Å². The topological polar surface area (TPSA) is 53.4 Å². The first-order chi connectivity index (χ1) is 10.7. The number of nitrogens with zero attached hydrogens (tertiary/aromatic N) is 1. The number of benzene rings is 1. The van der Waals surface area contributed by atoms with Gasteiger partial charge in [0.25, 0.3) is 0 Å². The molecule has 0 fully saturated rings. The second kappa shape index (κ2) is 8.42. The van der Waals surface area contributed by atoms with E-state index in [1.807, 2.05) is 13.8 Å². The van der Waals surface area contributed by atoms with Gasteiger partial charge in [-0.25, -0.2) is 4.98 Å². The standard InChI is InChI=1S/C14H14F3NOS.C2H6O/c1-8(7-19)12-9(2)20-13(18-12)10-3-5-11(6-4-10)14(15,16)17;1-2-3/h3-6,8,19H,7H2,1-2H3;3H,2H2,1H3. The summed E-state index contributed by atoms with van der Waals surface area (Å²) in [6.07, 6.45) is -4.33. The van der Waals surface area contributed by atoms with Crippen molar-refractivity contribution in [3.8, 4) is 10.6 Å². The van der Waals surface area contributed by atoms with Crippen molar-refractivity contribution in [3.05, 3.63) is 40.4 Å². The molecule has 1 heterocycles. The Balaban J connectivity index is 0.000000816. The van der Waals surface area contributed by atoms with Gasteiger partial charge >= 0.3 is 6.18 Å². The highest BCUT2D eigenvalue weighted by molar-refractivity contribution is 7.15. The minimum absolute atomic E-state index is 0.00295. The van der Waals surface area contributed by atoms with E-state index in [0.29, 0.717) is 10.6 Å². The van der Waals surface area contributed by atoms with Gasteiger partial charge in [-0.2, -0.15) is 13.2 Å². The molecule has 0 saturated carbocycles. The summed E-state index contributed by atoms with van der Waals surface area (Å²) in [5.74, 6) is -0.0746. The van der Waals surface area contributed by atoms with Gasteiger partial charge in [-0.3, -0.25) is 0 Å². The third kappa shape index (κ3) is 5.30. The maximum atomic E-state index is 12.5. The minimum atomic E-state index is -4.33. The van der Waals surface area contributed by atoms with E-state index in [2.05, 4.69) is 4.98 Å². The van der Waals surface area contributed by atoms with E-state index in [-0.39, 0.29) is 19.1 Å². The van der Waals surface area contributed by atoms with Crippen LogP contribution in [-0.2, 0) is 6.18 Å². The van der Waals surface area contributed by atoms with Crippen molar-refractivity contribution >= 4 is 11.3 Å². The molecule has 3 nitrogen and oxygen atoms in total. The van der Waals surface area contributed by atoms with Crippen LogP contribution in [0.1, 0.15) is 35.9 Å². The predicted molar refractivity (Wildman–Crippen MR) is 85.5 cm³/mol. The first-order valence-corrected chi connectivity index (χ1v) is 7.92. The average Bonchev–Trinajstić information content (AvgIpc) is 2.88. The normalized spacial score (nSPS) is 12.5. The third-order valence-electron chi connectivity index (χ3n) is 3.03. The first kappa shape index (κ1) is 19.6. The third-order valence-corrected chi connectivity index (χ3v) is 4.07. The summed E-state index contributed by atoms with van der Waals surface area (Å²) in [5.41, 5.74) is 0.786. The fourth-order valence-corrected chi connectivity index (χ4v) is 2.92. The lowest BCUT2D eigenvalue weighted by atomic mass is 10.1. The van der Waals surface area contributed by atoms with Gasteiger partial charge in [0.1, 0.15) is 5.01 Å². The highest BCUT2D eigenvalue weighted by Gasteiger charge is 2.30. The average molecular weight is 347 g/mol. The Hall–Kier alpha value is -1.44. The zero-order valence-electron chi connectivity index (χ0n) is 13.2. The molecule has 1 aromatic heterocycles. The SMILES string of the molecule is CCO.Cc1sc(-c2ccc(C(F)(F)F)cc2)nc1C(C)CO. The smallest absolute Gasteiger partial charge is 0.397 e. The maximum Gasteiger partial charge on any atom is 0.416 e. The number of halogens is 3. The molecule has 0 spiro atoms. The van der Waals surface area contributed by atoms with Crippen LogP contribution in [0.5, 0.6) is 0 Å². The Bertz CT molecular complexity index is 609. The van der Waals surface area contributed by atoms with E-state index >= 15 is 0 Å². The molecule has 7 heteroatoms. The van der Waals surface area contributed by atoms with Gasteiger partial charge in [0.05, 0.1) is 17.9 Å². The van der Waals surface area contributed by atoms with Crippen LogP contribution in [0.25, 0.3) is 10.6 Å². The zero-order valence-corrected chi connectivity index (χ0v) is 14.0. The van der Waals surface area contributed by atoms with E-state index < -0.39 is 11.7 Å². The van der Waals surface area contributed by atoms with Gasteiger partial charge in [-0.1, -0.05) is 19.1 Å². The van der Waals surface area contributed by atoms with Crippen molar-refractivity contribution in [2.45, 2.75) is 32.9 Å². The molecule has 0 aliphatic heterocycles. The Kier molecular flexibility index (Phi) is 7.18. The van der Waals surface area contributed by atoms with Gasteiger partial charge in [0.15, 0.2) is 0 Å². The Morgan fingerprint density at radius 2 is 1.70 bits per heavy atom. The van der Waals surface area contributed by atoms with Gasteiger partial charge in [-0.15, -0.1) is 11.3 Å². The van der Waals surface area contributed by atoms with Crippen LogP contribution in [0.2, 0.25) is 0 Å². The van der Waals surface area contributed by atoms with Crippen LogP contribution < -0.4 is 0 Å². The molecule has 0 amide bonds. The number of alkyl halides is 3. The molecule has 1 atom stereocenters. The second-order valence-electron chi connectivity index (χ2n) is 4.94. The molecule has 23 heavy (non-hydrogen) atoms. The van der Waals surface area contributed by atoms with Crippen LogP contribution >= 0.6 is 11.3 Å². The summed E-state index contributed by atoms with van der Waals surface area (Å²) in [4.78, 5) is 5.39. The van der Waals surface area contributed by atoms with Gasteiger partial charge < -0.3 is 10.2 Å². The number of thiazole rings is 1. The minimum Gasteiger partial charge on any atom is -0.397 e. The molecule has 1 aromatic carbocycles. The molecule has 0 radical (unpaired) electrons. The molecule has 0 bridgehead atoms. The number of aliphatic hydroxyl groups is 2. The molecule has 0 aliphatic rings. The Morgan fingerprint density at radius 3 is 2.13 bits per heavy atom. The number of aliphatic hydroxyl groups excluding tert-OH is 2. The quantitative estimate of drug-likeness (QED) is 0.873. The lowest BCUT2D eigenvalue weighted by Gasteiger charge is -2.06. The molecule has 1 unspecified atom stereocenters. The highest BCUT2D eigenvalue weighted by Crippen LogP contribution is 2.34. The van der Waals surface area contributed by atoms with Crippen molar-refractivity contribution in [1.82, 2.24) is 4.98 Å². The summed E-state index contributed by atoms with van der Waals surface area (Å²) < 4.78 is 37.5. The van der Waals surface area contributed by atoms with Crippen molar-refractivity contribution in [2.75, 3.05) is 13.2 Å². The van der Waals surface area contributed by atoms with Crippen molar-refractivity contribution in [3.63, 3.8) is 0 Å². The fraction of sp³-hybridized carbons (Fsp3) is 0.438. The number of aryl methyl sites for hydroxylation is 1. The zero-order chi connectivity index (χ0) is 17.6. The Labute approximate surface area is 137 Å². The molecule has 2 N–H and O–H groups in total. The van der Waals surface area contributed by atoms with Crippen molar-refractivity contribution in [1.29, 1.82) is 0 Å². The number of hydrogen-bond donors (Lipinski definition) is 2. The molecule has 0 saturated heterocycles. The van der Waals surface area contributed by atoms with Crippen LogP contribution in [0.15, 0.2) is 24.3 Å². The summed E-state index contributed by atoms with van der Waals surface area (Å²) in [6.45, 7) is 5.68. The summed E-state index contributed by atoms with van der Waals surface area (Å²) >= 11 is 1.42. The van der Waals surface area contributed by atoms with Gasteiger partial charge in [0.2, 0.25) is 0 Å². The second-order valence-corrected chi connectivity index (χ2v) is 6.14. The van der Waals surface area contributed by atoms with Gasteiger partial charge in [-0.05, 0) is 26.0 Å². The number of aromatic nitrogens is 1. The molecule has 0 aliphatic carbocycles. The molecule has 2 aromatic rings. The van der Waals surface area contributed by atoms with E-state index in [1.165, 1.54) is 23.5 Å². The Morgan fingerprint density at radius 1 is 1.17 bits per heavy atom. The van der Waals surface area contributed by atoms with Crippen LogP contribution in [0, 0.1) is 6.92 Å². The lowest BCUT2D eigenvalue weighted by Crippen LogP contribution is -2.04. The summed E-state index contributed by atoms with van der Waals surface area (Å²) in [5, 5.41) is 17.4. The summed E-state index contributed by atoms with van der Waals surface area (Å²) in [6, 6.07) is 4.96. The van der Waals surface area contributed by atoms with E-state index in [0.717, 1.165) is 22.7 Å². The van der Waals surface area contributed by atoms with Crippen LogP contribution in [-0.4, -0.2) is 28.4 Å². The predicted octanol–water partition coefficient (Wildman–Crippen LogP) is 4.23. The molecular weight excluding hydrogens is 327 g/mol. The largest absolute Gasteiger partial charge is 0.416 e. The highest BCUT2D eigenvalue weighted by atomic mass is 32.1. The summed E-state index contributed by atoms with van der Waals surface area (Å²) in [7, 11) is 0. The monoisotopic (exact) mass is 347 g/mol. The van der Waals surface area contributed by atoms with E-state index in [1.54, 1.807) is 6.92 Å². The first-order valence-electron chi connectivity index (χ1n) is 7.11. The molecule has 128 valence electrons. The van der Waals surface area contributed by atoms with Crippen LogP contribution in [0.4, 0.5) is 13.2 Å². The van der Waals surface area contributed by atoms with Crippen molar-refractivity contribution in [2.24, 2.45) is 0 Å². The number of hydrogen-bond acceptors (Lipinski definition) is 4. The fourth-order valence-electron chi connectivity index (χ4n) is 1.88. The molecule has 2 rings (SSSR count).